The van der Waals surface area contributed by atoms with Gasteiger partial charge in [-0.2, -0.15) is 5.10 Å². The molecule has 1 aliphatic carbocycles. The minimum atomic E-state index is -0.577. The van der Waals surface area contributed by atoms with E-state index in [1.54, 1.807) is 6.20 Å². The Hall–Kier alpha value is -0.580. The van der Waals surface area contributed by atoms with E-state index in [0.29, 0.717) is 5.02 Å². The van der Waals surface area contributed by atoms with Crippen LogP contribution in [-0.4, -0.2) is 39.4 Å². The molecule has 5 heteroatoms. The van der Waals surface area contributed by atoms with Crippen LogP contribution in [0.4, 0.5) is 0 Å². The fourth-order valence-electron chi connectivity index (χ4n) is 3.24. The van der Waals surface area contributed by atoms with Gasteiger partial charge in [0.25, 0.3) is 0 Å². The molecule has 0 spiro atoms. The first-order valence-electron chi connectivity index (χ1n) is 7.09. The summed E-state index contributed by atoms with van der Waals surface area (Å²) in [6.45, 7) is 2.89. The van der Waals surface area contributed by atoms with Gasteiger partial charge in [0.2, 0.25) is 0 Å². The van der Waals surface area contributed by atoms with Crippen LogP contribution in [0.2, 0.25) is 5.02 Å². The first-order valence-corrected chi connectivity index (χ1v) is 7.47. The molecule has 108 valence electrons. The Morgan fingerprint density at radius 2 is 2.11 bits per heavy atom. The lowest BCUT2D eigenvalue weighted by Crippen LogP contribution is -2.47. The lowest BCUT2D eigenvalue weighted by molar-refractivity contribution is -0.00991. The number of aromatic nitrogens is 2. The Balaban J connectivity index is 2.37. The monoisotopic (exact) mass is 285 g/mol. The van der Waals surface area contributed by atoms with E-state index in [2.05, 4.69) is 16.9 Å². The predicted molar refractivity (Wildman–Crippen MR) is 77.4 cm³/mol. The molecule has 2 rings (SSSR count). The third kappa shape index (κ3) is 2.54. The van der Waals surface area contributed by atoms with Gasteiger partial charge in [-0.25, -0.2) is 0 Å². The van der Waals surface area contributed by atoms with Crippen molar-refractivity contribution in [2.24, 2.45) is 0 Å². The topological polar surface area (TPSA) is 41.3 Å². The lowest BCUT2D eigenvalue weighted by Gasteiger charge is -2.40. The maximum Gasteiger partial charge on any atom is 0.115 e. The van der Waals surface area contributed by atoms with Crippen LogP contribution in [0.15, 0.2) is 6.20 Å². The van der Waals surface area contributed by atoms with Crippen molar-refractivity contribution in [3.8, 4) is 0 Å². The minimum absolute atomic E-state index is 0.199. The van der Waals surface area contributed by atoms with E-state index in [1.165, 1.54) is 0 Å². The second kappa shape index (κ2) is 5.81. The van der Waals surface area contributed by atoms with Crippen LogP contribution in [0.1, 0.15) is 50.8 Å². The minimum Gasteiger partial charge on any atom is -0.385 e. The predicted octanol–water partition coefficient (Wildman–Crippen LogP) is 2.85. The van der Waals surface area contributed by atoms with Crippen LogP contribution in [0.3, 0.4) is 0 Å². The highest BCUT2D eigenvalue weighted by atomic mass is 35.5. The highest BCUT2D eigenvalue weighted by Gasteiger charge is 2.45. The average molecular weight is 286 g/mol. The lowest BCUT2D eigenvalue weighted by atomic mass is 9.87. The van der Waals surface area contributed by atoms with Crippen molar-refractivity contribution in [2.75, 3.05) is 14.1 Å². The van der Waals surface area contributed by atoms with Crippen LogP contribution in [0, 0.1) is 0 Å². The Morgan fingerprint density at radius 1 is 1.47 bits per heavy atom. The van der Waals surface area contributed by atoms with E-state index in [1.807, 2.05) is 18.8 Å². The van der Waals surface area contributed by atoms with Crippen molar-refractivity contribution in [2.45, 2.75) is 57.2 Å². The first kappa shape index (κ1) is 14.8. The number of aryl methyl sites for hydroxylation is 1. The van der Waals surface area contributed by atoms with Gasteiger partial charge in [-0.1, -0.05) is 31.4 Å². The summed E-state index contributed by atoms with van der Waals surface area (Å²) in [6, 6.07) is 0. The summed E-state index contributed by atoms with van der Waals surface area (Å²) >= 11 is 6.26. The molecule has 1 aromatic rings. The Kier molecular flexibility index (Phi) is 4.54. The number of likely N-dealkylation sites (N-methyl/N-ethyl adjacent to an activating group) is 1. The van der Waals surface area contributed by atoms with Crippen molar-refractivity contribution in [1.82, 2.24) is 14.7 Å². The largest absolute Gasteiger partial charge is 0.385 e. The molecule has 0 aliphatic heterocycles. The van der Waals surface area contributed by atoms with Gasteiger partial charge in [0, 0.05) is 6.54 Å². The number of hydrogen-bond acceptors (Lipinski definition) is 3. The molecule has 0 radical (unpaired) electrons. The van der Waals surface area contributed by atoms with Crippen LogP contribution in [0.25, 0.3) is 0 Å². The second-order valence-corrected chi connectivity index (χ2v) is 6.12. The molecular weight excluding hydrogens is 262 g/mol. The Morgan fingerprint density at radius 3 is 2.63 bits per heavy atom. The molecule has 19 heavy (non-hydrogen) atoms. The zero-order valence-corrected chi connectivity index (χ0v) is 12.8. The van der Waals surface area contributed by atoms with Crippen molar-refractivity contribution in [3.05, 3.63) is 16.9 Å². The molecule has 0 aromatic carbocycles. The number of hydrogen-bond donors (Lipinski definition) is 1. The number of rotatable bonds is 5. The van der Waals surface area contributed by atoms with Gasteiger partial charge in [0.05, 0.1) is 22.5 Å². The van der Waals surface area contributed by atoms with Gasteiger partial charge in [0.1, 0.15) is 6.10 Å². The number of halogens is 1. The summed E-state index contributed by atoms with van der Waals surface area (Å²) in [7, 11) is 4.09. The zero-order valence-electron chi connectivity index (χ0n) is 12.1. The van der Waals surface area contributed by atoms with Crippen molar-refractivity contribution in [1.29, 1.82) is 0 Å². The van der Waals surface area contributed by atoms with E-state index < -0.39 is 6.10 Å². The summed E-state index contributed by atoms with van der Waals surface area (Å²) in [5.74, 6) is 0. The third-order valence-electron chi connectivity index (χ3n) is 4.40. The van der Waals surface area contributed by atoms with E-state index >= 15 is 0 Å². The van der Waals surface area contributed by atoms with Crippen LogP contribution < -0.4 is 0 Å². The smallest absolute Gasteiger partial charge is 0.115 e. The van der Waals surface area contributed by atoms with Crippen molar-refractivity contribution >= 4 is 11.6 Å². The molecule has 1 aliphatic rings. The molecule has 0 amide bonds. The molecule has 4 nitrogen and oxygen atoms in total. The molecule has 0 bridgehead atoms. The summed E-state index contributed by atoms with van der Waals surface area (Å²) in [5.41, 5.74) is 0.578. The van der Waals surface area contributed by atoms with Gasteiger partial charge in [-0.05, 0) is 33.4 Å². The summed E-state index contributed by atoms with van der Waals surface area (Å²) in [5, 5.41) is 15.8. The second-order valence-electron chi connectivity index (χ2n) is 5.71. The normalized spacial score (nSPS) is 20.1. The van der Waals surface area contributed by atoms with Crippen LogP contribution in [-0.2, 0) is 6.54 Å². The number of aliphatic hydroxyl groups is 1. The van der Waals surface area contributed by atoms with Crippen molar-refractivity contribution in [3.63, 3.8) is 0 Å². The van der Waals surface area contributed by atoms with Gasteiger partial charge in [0.15, 0.2) is 0 Å². The summed E-state index contributed by atoms with van der Waals surface area (Å²) in [4.78, 5) is 2.16. The molecule has 1 fully saturated rings. The van der Waals surface area contributed by atoms with Crippen molar-refractivity contribution < 1.29 is 5.11 Å². The Labute approximate surface area is 120 Å². The summed E-state index contributed by atoms with van der Waals surface area (Å²) < 4.78 is 1.86. The van der Waals surface area contributed by atoms with Gasteiger partial charge < -0.3 is 10.0 Å². The van der Waals surface area contributed by atoms with Gasteiger partial charge >= 0.3 is 0 Å². The molecule has 0 saturated heterocycles. The fourth-order valence-corrected chi connectivity index (χ4v) is 3.49. The van der Waals surface area contributed by atoms with E-state index in [0.717, 1.165) is 44.3 Å². The number of aliphatic hydroxyl groups excluding tert-OH is 1. The van der Waals surface area contributed by atoms with Crippen LogP contribution in [0.5, 0.6) is 0 Å². The van der Waals surface area contributed by atoms with Gasteiger partial charge in [-0.3, -0.25) is 4.68 Å². The zero-order chi connectivity index (χ0) is 14.0. The SMILES string of the molecule is CCCn1ncc(Cl)c1C(O)C1(N(C)C)CCCC1. The average Bonchev–Trinajstić information content (AvgIpc) is 2.97. The molecule has 1 atom stereocenters. The quantitative estimate of drug-likeness (QED) is 0.904. The molecular formula is C14H24ClN3O. The molecule has 1 saturated carbocycles. The number of nitrogens with zero attached hydrogens (tertiary/aromatic N) is 3. The first-order chi connectivity index (χ1) is 9.03. The maximum absolute atomic E-state index is 10.9. The molecule has 1 unspecified atom stereocenters. The molecule has 1 heterocycles. The highest BCUT2D eigenvalue weighted by molar-refractivity contribution is 6.31. The van der Waals surface area contributed by atoms with Gasteiger partial charge in [-0.15, -0.1) is 0 Å². The third-order valence-corrected chi connectivity index (χ3v) is 4.69. The fraction of sp³-hybridized carbons (Fsp3) is 0.786. The highest BCUT2D eigenvalue weighted by Crippen LogP contribution is 2.44. The summed E-state index contributed by atoms with van der Waals surface area (Å²) in [6.07, 6.45) is 6.39. The molecule has 1 N–H and O–H groups in total. The Bertz CT molecular complexity index is 424. The van der Waals surface area contributed by atoms with E-state index in [9.17, 15) is 5.11 Å². The van der Waals surface area contributed by atoms with E-state index in [-0.39, 0.29) is 5.54 Å². The maximum atomic E-state index is 10.9. The van der Waals surface area contributed by atoms with Crippen LogP contribution >= 0.6 is 11.6 Å². The standard InChI is InChI=1S/C14H24ClN3O/c1-4-9-18-12(11(15)10-16-18)13(19)14(17(2)3)7-5-6-8-14/h10,13,19H,4-9H2,1-3H3. The molecule has 1 aromatic heterocycles. The van der Waals surface area contributed by atoms with E-state index in [4.69, 9.17) is 11.6 Å².